The van der Waals surface area contributed by atoms with E-state index in [1.54, 1.807) is 24.3 Å². The quantitative estimate of drug-likeness (QED) is 0.723. The maximum atomic E-state index is 11.6. The van der Waals surface area contributed by atoms with Gasteiger partial charge in [0.15, 0.2) is 0 Å². The molecule has 4 nitrogen and oxygen atoms in total. The van der Waals surface area contributed by atoms with E-state index in [1.165, 1.54) is 14.2 Å². The number of carbonyl (C=O) groups excluding carboxylic acids is 1. The molecule has 0 radical (unpaired) electrons. The number of nitrogens with zero attached hydrogens (tertiary/aromatic N) is 1. The molecule has 1 amide bonds. The van der Waals surface area contributed by atoms with E-state index in [0.29, 0.717) is 10.6 Å². The van der Waals surface area contributed by atoms with E-state index in [0.717, 1.165) is 5.23 Å². The van der Waals surface area contributed by atoms with Crippen LogP contribution >= 0.6 is 11.6 Å². The highest BCUT2D eigenvalue weighted by Crippen LogP contribution is 2.11. The van der Waals surface area contributed by atoms with Gasteiger partial charge in [0.2, 0.25) is 0 Å². The van der Waals surface area contributed by atoms with Crippen LogP contribution in [0.5, 0.6) is 0 Å². The molecule has 0 atom stereocenters. The minimum Gasteiger partial charge on any atom is -0.264 e. The Morgan fingerprint density at radius 3 is 2.14 bits per heavy atom. The summed E-state index contributed by atoms with van der Waals surface area (Å²) < 4.78 is 0. The monoisotopic (exact) mass is 215 g/mol. The van der Waals surface area contributed by atoms with Gasteiger partial charge in [0.1, 0.15) is 0 Å². The first kappa shape index (κ1) is 11.0. The average molecular weight is 216 g/mol. The summed E-state index contributed by atoms with van der Waals surface area (Å²) in [4.78, 5) is 20.9. The van der Waals surface area contributed by atoms with E-state index in [-0.39, 0.29) is 5.91 Å². The van der Waals surface area contributed by atoms with Gasteiger partial charge in [0.25, 0.3) is 0 Å². The third kappa shape index (κ3) is 2.45. The van der Waals surface area contributed by atoms with Crippen LogP contribution in [-0.2, 0) is 9.68 Å². The average Bonchev–Trinajstić information content (AvgIpc) is 2.20. The van der Waals surface area contributed by atoms with E-state index in [1.807, 2.05) is 0 Å². The Bertz CT molecular complexity index is 308. The van der Waals surface area contributed by atoms with Gasteiger partial charge in [0, 0.05) is 10.6 Å². The maximum Gasteiger partial charge on any atom is 0.303 e. The maximum absolute atomic E-state index is 11.6. The summed E-state index contributed by atoms with van der Waals surface area (Å²) in [5, 5.41) is 1.35. The van der Waals surface area contributed by atoms with E-state index < -0.39 is 0 Å². The molecule has 14 heavy (non-hydrogen) atoms. The number of hydrogen-bond acceptors (Lipinski definition) is 3. The predicted octanol–water partition coefficient (Wildman–Crippen LogP) is 1.91. The van der Waals surface area contributed by atoms with Crippen LogP contribution in [0.1, 0.15) is 10.4 Å². The van der Waals surface area contributed by atoms with Crippen LogP contribution in [-0.4, -0.2) is 25.4 Å². The highest BCUT2D eigenvalue weighted by atomic mass is 35.5. The Morgan fingerprint density at radius 2 is 1.71 bits per heavy atom. The Labute approximate surface area is 86.9 Å². The van der Waals surface area contributed by atoms with Crippen molar-refractivity contribution in [2.24, 2.45) is 0 Å². The Kier molecular flexibility index (Phi) is 3.88. The van der Waals surface area contributed by atoms with E-state index >= 15 is 0 Å². The lowest BCUT2D eigenvalue weighted by Gasteiger charge is -2.15. The fourth-order valence-corrected chi connectivity index (χ4v) is 1.06. The highest BCUT2D eigenvalue weighted by molar-refractivity contribution is 6.30. The molecule has 0 unspecified atom stereocenters. The zero-order valence-electron chi connectivity index (χ0n) is 7.86. The largest absolute Gasteiger partial charge is 0.303 e. The van der Waals surface area contributed by atoms with Gasteiger partial charge < -0.3 is 0 Å². The van der Waals surface area contributed by atoms with Gasteiger partial charge in [-0.15, -0.1) is 0 Å². The zero-order valence-corrected chi connectivity index (χ0v) is 8.62. The van der Waals surface area contributed by atoms with Crippen molar-refractivity contribution in [2.45, 2.75) is 0 Å². The lowest BCUT2D eigenvalue weighted by molar-refractivity contribution is -0.299. The number of amides is 1. The van der Waals surface area contributed by atoms with Crippen LogP contribution in [0.25, 0.3) is 0 Å². The van der Waals surface area contributed by atoms with Gasteiger partial charge >= 0.3 is 5.91 Å². The van der Waals surface area contributed by atoms with Gasteiger partial charge in [-0.3, -0.25) is 4.79 Å². The van der Waals surface area contributed by atoms with Gasteiger partial charge in [-0.25, -0.2) is 9.68 Å². The van der Waals surface area contributed by atoms with Crippen LogP contribution < -0.4 is 0 Å². The Balaban J connectivity index is 2.83. The molecule has 0 N–H and O–H groups in total. The smallest absolute Gasteiger partial charge is 0.264 e. The molecule has 0 bridgehead atoms. The van der Waals surface area contributed by atoms with Crippen LogP contribution in [0.4, 0.5) is 0 Å². The number of benzene rings is 1. The van der Waals surface area contributed by atoms with E-state index in [2.05, 4.69) is 9.68 Å². The van der Waals surface area contributed by atoms with Crippen molar-refractivity contribution in [2.75, 3.05) is 14.2 Å². The van der Waals surface area contributed by atoms with Gasteiger partial charge in [0.05, 0.1) is 14.2 Å². The van der Waals surface area contributed by atoms with E-state index in [4.69, 9.17) is 11.6 Å². The Morgan fingerprint density at radius 1 is 1.21 bits per heavy atom. The molecule has 0 aliphatic carbocycles. The SMILES string of the molecule is CON(OC)C(=O)c1ccc(Cl)cc1. The molecule has 0 saturated heterocycles. The molecular weight excluding hydrogens is 206 g/mol. The van der Waals surface area contributed by atoms with Gasteiger partial charge in [-0.1, -0.05) is 16.8 Å². The number of hydrogen-bond donors (Lipinski definition) is 0. The molecular formula is C9H10ClNO3. The Hall–Kier alpha value is -1.10. The zero-order chi connectivity index (χ0) is 10.6. The third-order valence-corrected chi connectivity index (χ3v) is 1.84. The summed E-state index contributed by atoms with van der Waals surface area (Å²) >= 11 is 5.68. The second kappa shape index (κ2) is 4.95. The van der Waals surface area contributed by atoms with Crippen molar-refractivity contribution in [1.29, 1.82) is 0 Å². The number of hydroxylamine groups is 2. The molecule has 1 aromatic rings. The van der Waals surface area contributed by atoms with Crippen molar-refractivity contribution in [3.05, 3.63) is 34.9 Å². The molecule has 0 aromatic heterocycles. The lowest BCUT2D eigenvalue weighted by Crippen LogP contribution is -2.28. The second-order valence-corrected chi connectivity index (χ2v) is 2.87. The topological polar surface area (TPSA) is 38.8 Å². The van der Waals surface area contributed by atoms with Gasteiger partial charge in [-0.05, 0) is 24.3 Å². The molecule has 1 aromatic carbocycles. The molecule has 1 rings (SSSR count). The first-order valence-corrected chi connectivity index (χ1v) is 4.25. The number of carbonyl (C=O) groups is 1. The second-order valence-electron chi connectivity index (χ2n) is 2.43. The fraction of sp³-hybridized carbons (Fsp3) is 0.222. The summed E-state index contributed by atoms with van der Waals surface area (Å²) in [6, 6.07) is 6.43. The summed E-state index contributed by atoms with van der Waals surface area (Å²) in [6.45, 7) is 0. The third-order valence-electron chi connectivity index (χ3n) is 1.59. The van der Waals surface area contributed by atoms with Gasteiger partial charge in [-0.2, -0.15) is 0 Å². The van der Waals surface area contributed by atoms with Crippen molar-refractivity contribution < 1.29 is 14.5 Å². The highest BCUT2D eigenvalue weighted by Gasteiger charge is 2.14. The van der Waals surface area contributed by atoms with Crippen LogP contribution in [0.2, 0.25) is 5.02 Å². The predicted molar refractivity (Wildman–Crippen MR) is 51.6 cm³/mol. The molecule has 0 fully saturated rings. The summed E-state index contributed by atoms with van der Waals surface area (Å²) in [5.74, 6) is -0.383. The molecule has 0 heterocycles. The number of halogens is 1. The standard InChI is InChI=1S/C9H10ClNO3/c1-13-11(14-2)9(12)7-3-5-8(10)6-4-7/h3-6H,1-2H3. The fourth-order valence-electron chi connectivity index (χ4n) is 0.938. The van der Waals surface area contributed by atoms with Crippen molar-refractivity contribution in [1.82, 2.24) is 5.23 Å². The minimum absolute atomic E-state index is 0.383. The van der Waals surface area contributed by atoms with E-state index in [9.17, 15) is 4.79 Å². The number of rotatable bonds is 3. The molecule has 0 spiro atoms. The molecule has 5 heteroatoms. The molecule has 0 aliphatic heterocycles. The summed E-state index contributed by atoms with van der Waals surface area (Å²) in [5.41, 5.74) is 0.443. The summed E-state index contributed by atoms with van der Waals surface area (Å²) in [7, 11) is 2.69. The molecule has 76 valence electrons. The van der Waals surface area contributed by atoms with Crippen LogP contribution in [0, 0.1) is 0 Å². The first-order valence-electron chi connectivity index (χ1n) is 3.87. The van der Waals surface area contributed by atoms with Crippen LogP contribution in [0.15, 0.2) is 24.3 Å². The molecule has 0 aliphatic rings. The summed E-state index contributed by atoms with van der Waals surface area (Å²) in [6.07, 6.45) is 0. The lowest BCUT2D eigenvalue weighted by atomic mass is 10.2. The minimum atomic E-state index is -0.383. The van der Waals surface area contributed by atoms with Crippen molar-refractivity contribution >= 4 is 17.5 Å². The van der Waals surface area contributed by atoms with Crippen molar-refractivity contribution in [3.8, 4) is 0 Å². The first-order chi connectivity index (χ1) is 6.69. The normalized spacial score (nSPS) is 9.93. The van der Waals surface area contributed by atoms with Crippen LogP contribution in [0.3, 0.4) is 0 Å². The molecule has 0 saturated carbocycles. The van der Waals surface area contributed by atoms with Crippen molar-refractivity contribution in [3.63, 3.8) is 0 Å².